The second kappa shape index (κ2) is 11.2. The minimum absolute atomic E-state index is 0.0575. The van der Waals surface area contributed by atoms with Crippen LogP contribution in [0.15, 0.2) is 35.7 Å². The molecule has 1 aliphatic rings. The molecular formula is C22H27FN2O5S. The van der Waals surface area contributed by atoms with E-state index in [4.69, 9.17) is 14.2 Å². The zero-order valence-corrected chi connectivity index (χ0v) is 18.5. The van der Waals surface area contributed by atoms with Gasteiger partial charge in [0, 0.05) is 32.2 Å². The number of amides is 2. The number of hydrogen-bond donors (Lipinski definition) is 0. The summed E-state index contributed by atoms with van der Waals surface area (Å²) in [5.74, 6) is -0.225. The number of methoxy groups -OCH3 is 2. The van der Waals surface area contributed by atoms with Gasteiger partial charge in [0.15, 0.2) is 0 Å². The highest BCUT2D eigenvalue weighted by Gasteiger charge is 2.33. The zero-order chi connectivity index (χ0) is 22.2. The van der Waals surface area contributed by atoms with Gasteiger partial charge < -0.3 is 24.0 Å². The van der Waals surface area contributed by atoms with E-state index in [-0.39, 0.29) is 43.4 Å². The lowest BCUT2D eigenvalue weighted by Gasteiger charge is -2.37. The smallest absolute Gasteiger partial charge is 0.249 e. The van der Waals surface area contributed by atoms with Gasteiger partial charge in [-0.3, -0.25) is 9.59 Å². The van der Waals surface area contributed by atoms with Crippen molar-refractivity contribution in [3.8, 4) is 5.75 Å². The molecule has 2 heterocycles. The summed E-state index contributed by atoms with van der Waals surface area (Å²) in [4.78, 5) is 30.0. The van der Waals surface area contributed by atoms with E-state index >= 15 is 0 Å². The number of fused-ring (bicyclic) bond motifs is 1. The molecule has 0 fully saturated rings. The van der Waals surface area contributed by atoms with E-state index in [1.54, 1.807) is 35.5 Å². The number of benzene rings is 1. The Bertz CT molecular complexity index is 873. The van der Waals surface area contributed by atoms with E-state index < -0.39 is 0 Å². The SMILES string of the molecule is COCCN(CC(=O)N1CCc2sccc2[C@H]1COc1ccc(F)cc1)C(=O)COC. The molecule has 1 atom stereocenters. The lowest BCUT2D eigenvalue weighted by molar-refractivity contribution is -0.145. The van der Waals surface area contributed by atoms with Crippen LogP contribution in [0.25, 0.3) is 0 Å². The monoisotopic (exact) mass is 450 g/mol. The molecule has 9 heteroatoms. The van der Waals surface area contributed by atoms with Gasteiger partial charge in [-0.2, -0.15) is 0 Å². The van der Waals surface area contributed by atoms with Crippen molar-refractivity contribution in [1.29, 1.82) is 0 Å². The van der Waals surface area contributed by atoms with Crippen LogP contribution < -0.4 is 4.74 Å². The molecule has 0 aliphatic carbocycles. The predicted molar refractivity (Wildman–Crippen MR) is 115 cm³/mol. The molecule has 1 aromatic carbocycles. The second-order valence-electron chi connectivity index (χ2n) is 7.16. The average Bonchev–Trinajstić information content (AvgIpc) is 3.25. The van der Waals surface area contributed by atoms with Gasteiger partial charge in [-0.25, -0.2) is 4.39 Å². The van der Waals surface area contributed by atoms with Gasteiger partial charge >= 0.3 is 0 Å². The van der Waals surface area contributed by atoms with Crippen LogP contribution in [0.2, 0.25) is 0 Å². The first-order valence-electron chi connectivity index (χ1n) is 10.0. The fourth-order valence-corrected chi connectivity index (χ4v) is 4.47. The number of hydrogen-bond acceptors (Lipinski definition) is 6. The van der Waals surface area contributed by atoms with Gasteiger partial charge in [0.2, 0.25) is 11.8 Å². The molecule has 0 radical (unpaired) electrons. The van der Waals surface area contributed by atoms with E-state index in [0.29, 0.717) is 25.4 Å². The van der Waals surface area contributed by atoms with Crippen molar-refractivity contribution in [3.05, 3.63) is 52.0 Å². The molecular weight excluding hydrogens is 423 g/mol. The molecule has 168 valence electrons. The Kier molecular flexibility index (Phi) is 8.39. The first-order chi connectivity index (χ1) is 15.0. The van der Waals surface area contributed by atoms with Crippen molar-refractivity contribution in [1.82, 2.24) is 9.80 Å². The number of carbonyl (C=O) groups is 2. The summed E-state index contributed by atoms with van der Waals surface area (Å²) < 4.78 is 29.1. The lowest BCUT2D eigenvalue weighted by atomic mass is 10.0. The number of halogens is 1. The van der Waals surface area contributed by atoms with Gasteiger partial charge in [-0.15, -0.1) is 11.3 Å². The Morgan fingerprint density at radius 1 is 1.19 bits per heavy atom. The molecule has 1 aliphatic heterocycles. The minimum Gasteiger partial charge on any atom is -0.491 e. The fourth-order valence-electron chi connectivity index (χ4n) is 3.54. The van der Waals surface area contributed by atoms with Crippen molar-refractivity contribution in [2.24, 2.45) is 0 Å². The van der Waals surface area contributed by atoms with Crippen LogP contribution in [0.3, 0.4) is 0 Å². The molecule has 2 aromatic rings. The molecule has 2 amide bonds. The number of carbonyl (C=O) groups excluding carboxylic acids is 2. The summed E-state index contributed by atoms with van der Waals surface area (Å²) in [6.07, 6.45) is 0.760. The minimum atomic E-state index is -0.334. The normalized spacial score (nSPS) is 15.5. The van der Waals surface area contributed by atoms with Gasteiger partial charge in [-0.1, -0.05) is 0 Å². The van der Waals surface area contributed by atoms with E-state index in [9.17, 15) is 14.0 Å². The summed E-state index contributed by atoms with van der Waals surface area (Å²) in [5.41, 5.74) is 1.05. The molecule has 0 saturated carbocycles. The molecule has 0 bridgehead atoms. The summed E-state index contributed by atoms with van der Waals surface area (Å²) in [6, 6.07) is 7.53. The van der Waals surface area contributed by atoms with Gasteiger partial charge in [0.05, 0.1) is 19.2 Å². The standard InChI is InChI=1S/C22H27FN2O5S/c1-28-11-10-24(22(27)15-29-2)13-21(26)25-9-7-20-18(8-12-31-20)19(25)14-30-17-5-3-16(23)4-6-17/h3-6,8,12,19H,7,9-11,13-15H2,1-2H3/t19-/m1/s1. The first kappa shape index (κ1) is 23.2. The van der Waals surface area contributed by atoms with E-state index in [2.05, 4.69) is 0 Å². The topological polar surface area (TPSA) is 68.3 Å². The summed E-state index contributed by atoms with van der Waals surface area (Å²) >= 11 is 1.66. The lowest BCUT2D eigenvalue weighted by Crippen LogP contribution is -2.49. The third-order valence-electron chi connectivity index (χ3n) is 5.15. The Morgan fingerprint density at radius 2 is 1.97 bits per heavy atom. The van der Waals surface area contributed by atoms with Crippen molar-refractivity contribution in [2.75, 3.05) is 53.7 Å². The van der Waals surface area contributed by atoms with Crippen LogP contribution in [-0.2, 0) is 25.5 Å². The zero-order valence-electron chi connectivity index (χ0n) is 17.7. The van der Waals surface area contributed by atoms with Crippen LogP contribution in [0.4, 0.5) is 4.39 Å². The largest absolute Gasteiger partial charge is 0.491 e. The van der Waals surface area contributed by atoms with Crippen molar-refractivity contribution in [2.45, 2.75) is 12.5 Å². The van der Waals surface area contributed by atoms with Crippen LogP contribution >= 0.6 is 11.3 Å². The molecule has 0 saturated heterocycles. The highest BCUT2D eigenvalue weighted by Crippen LogP contribution is 2.34. The number of ether oxygens (including phenoxy) is 3. The van der Waals surface area contributed by atoms with E-state index in [0.717, 1.165) is 12.0 Å². The number of rotatable bonds is 10. The Morgan fingerprint density at radius 3 is 2.68 bits per heavy atom. The van der Waals surface area contributed by atoms with Gasteiger partial charge in [0.1, 0.15) is 24.8 Å². The molecule has 1 aromatic heterocycles. The molecule has 7 nitrogen and oxygen atoms in total. The molecule has 3 rings (SSSR count). The maximum absolute atomic E-state index is 13.2. The van der Waals surface area contributed by atoms with E-state index in [1.807, 2.05) is 11.4 Å². The number of thiophene rings is 1. The van der Waals surface area contributed by atoms with Crippen molar-refractivity contribution in [3.63, 3.8) is 0 Å². The first-order valence-corrected chi connectivity index (χ1v) is 10.9. The van der Waals surface area contributed by atoms with Gasteiger partial charge in [0.25, 0.3) is 0 Å². The summed E-state index contributed by atoms with van der Waals surface area (Å²) in [6.45, 7) is 1.26. The molecule has 0 spiro atoms. The molecule has 0 unspecified atom stereocenters. The third-order valence-corrected chi connectivity index (χ3v) is 6.15. The summed E-state index contributed by atoms with van der Waals surface area (Å²) in [7, 11) is 2.99. The second-order valence-corrected chi connectivity index (χ2v) is 8.16. The molecule has 0 N–H and O–H groups in total. The van der Waals surface area contributed by atoms with Crippen molar-refractivity contribution < 1.29 is 28.2 Å². The van der Waals surface area contributed by atoms with Gasteiger partial charge in [-0.05, 0) is 47.7 Å². The molecule has 31 heavy (non-hydrogen) atoms. The predicted octanol–water partition coefficient (Wildman–Crippen LogP) is 2.51. The Balaban J connectivity index is 1.74. The fraction of sp³-hybridized carbons (Fsp3) is 0.455. The average molecular weight is 451 g/mol. The summed E-state index contributed by atoms with van der Waals surface area (Å²) in [5, 5.41) is 2.01. The van der Waals surface area contributed by atoms with Crippen LogP contribution in [0, 0.1) is 5.82 Å². The van der Waals surface area contributed by atoms with E-state index in [1.165, 1.54) is 29.0 Å². The highest BCUT2D eigenvalue weighted by molar-refractivity contribution is 7.10. The van der Waals surface area contributed by atoms with Crippen LogP contribution in [0.5, 0.6) is 5.75 Å². The van der Waals surface area contributed by atoms with Crippen molar-refractivity contribution >= 4 is 23.2 Å². The number of nitrogens with zero attached hydrogens (tertiary/aromatic N) is 2. The van der Waals surface area contributed by atoms with Crippen LogP contribution in [-0.4, -0.2) is 75.3 Å². The maximum atomic E-state index is 13.2. The van der Waals surface area contributed by atoms with Crippen LogP contribution in [0.1, 0.15) is 16.5 Å². The maximum Gasteiger partial charge on any atom is 0.249 e. The highest BCUT2D eigenvalue weighted by atomic mass is 32.1. The quantitative estimate of drug-likeness (QED) is 0.557. The Labute approximate surface area is 185 Å². The Hall–Kier alpha value is -2.49. The third kappa shape index (κ3) is 6.03.